The minimum atomic E-state index is -1.10. The van der Waals surface area contributed by atoms with Crippen molar-refractivity contribution < 1.29 is 4.21 Å². The van der Waals surface area contributed by atoms with E-state index in [-0.39, 0.29) is 10.8 Å². The van der Waals surface area contributed by atoms with Gasteiger partial charge in [0.1, 0.15) is 0 Å². The van der Waals surface area contributed by atoms with E-state index in [1.165, 1.54) is 0 Å². The molecule has 0 bridgehead atoms. The largest absolute Gasteiger partial charge is 0.242 e. The molecule has 0 spiro atoms. The lowest BCUT2D eigenvalue weighted by atomic mass is 10.0. The second-order valence-corrected chi connectivity index (χ2v) is 8.59. The number of benzene rings is 1. The van der Waals surface area contributed by atoms with E-state index in [1.54, 1.807) is 0 Å². The summed E-state index contributed by atoms with van der Waals surface area (Å²) in [7, 11) is -1.10. The number of nitrogens with one attached hydrogen (secondary N) is 1. The van der Waals surface area contributed by atoms with Gasteiger partial charge in [-0.25, -0.2) is 8.93 Å². The van der Waals surface area contributed by atoms with Crippen LogP contribution in [0.4, 0.5) is 0 Å². The van der Waals surface area contributed by atoms with Gasteiger partial charge in [-0.05, 0) is 45.7 Å². The average Bonchev–Trinajstić information content (AvgIpc) is 2.26. The van der Waals surface area contributed by atoms with Crippen LogP contribution in [0.25, 0.3) is 0 Å². The molecule has 4 heteroatoms. The minimum Gasteiger partial charge on any atom is -0.242 e. The van der Waals surface area contributed by atoms with Crippen LogP contribution in [0.15, 0.2) is 40.9 Å². The van der Waals surface area contributed by atoms with Crippen LogP contribution in [-0.4, -0.2) is 8.96 Å². The topological polar surface area (TPSA) is 29.1 Å². The summed E-state index contributed by atoms with van der Waals surface area (Å²) in [6, 6.07) is 8.03. The molecular formula is C15H22BrNOS. The van der Waals surface area contributed by atoms with Gasteiger partial charge in [-0.1, -0.05) is 39.7 Å². The summed E-state index contributed by atoms with van der Waals surface area (Å²) >= 11 is 3.56. The first-order valence-corrected chi connectivity index (χ1v) is 8.23. The highest BCUT2D eigenvalue weighted by Crippen LogP contribution is 2.28. The third-order valence-corrected chi connectivity index (χ3v) is 4.97. The molecule has 1 aromatic carbocycles. The minimum absolute atomic E-state index is 0.00753. The molecule has 0 aliphatic carbocycles. The Labute approximate surface area is 127 Å². The second kappa shape index (κ2) is 6.82. The predicted octanol–water partition coefficient (Wildman–Crippen LogP) is 4.51. The van der Waals surface area contributed by atoms with Gasteiger partial charge in [-0.3, -0.25) is 0 Å². The zero-order valence-electron chi connectivity index (χ0n) is 12.0. The van der Waals surface area contributed by atoms with E-state index in [9.17, 15) is 4.21 Å². The van der Waals surface area contributed by atoms with Crippen LogP contribution in [0.5, 0.6) is 0 Å². The van der Waals surface area contributed by atoms with E-state index in [1.807, 2.05) is 52.0 Å². The van der Waals surface area contributed by atoms with E-state index in [0.717, 1.165) is 22.0 Å². The molecule has 0 unspecified atom stereocenters. The Morgan fingerprint density at radius 2 is 2.00 bits per heavy atom. The molecule has 1 N–H and O–H groups in total. The smallest absolute Gasteiger partial charge is 0.0976 e. The molecule has 0 aliphatic heterocycles. The van der Waals surface area contributed by atoms with Gasteiger partial charge >= 0.3 is 0 Å². The standard InChI is InChI=1S/C15H22BrNOS/c1-11(2)10-14(17-19(18)15(3,4)5)12-8-6-7-9-13(12)16/h6-9,14,17H,1,10H2,2-5H3/t14-,19+/m1/s1. The summed E-state index contributed by atoms with van der Waals surface area (Å²) in [4.78, 5) is 0. The maximum Gasteiger partial charge on any atom is 0.0976 e. The zero-order valence-corrected chi connectivity index (χ0v) is 14.4. The molecule has 0 aromatic heterocycles. The van der Waals surface area contributed by atoms with Gasteiger partial charge in [0.2, 0.25) is 0 Å². The van der Waals surface area contributed by atoms with E-state index in [4.69, 9.17) is 0 Å². The zero-order chi connectivity index (χ0) is 14.6. The lowest BCUT2D eigenvalue weighted by Crippen LogP contribution is -2.36. The first-order chi connectivity index (χ1) is 8.71. The van der Waals surface area contributed by atoms with Crippen molar-refractivity contribution in [3.05, 3.63) is 46.5 Å². The molecule has 0 saturated heterocycles. The third kappa shape index (κ3) is 5.21. The summed E-state index contributed by atoms with van der Waals surface area (Å²) in [5, 5.41) is 0. The summed E-state index contributed by atoms with van der Waals surface area (Å²) in [5.74, 6) is 0. The average molecular weight is 344 g/mol. The van der Waals surface area contributed by atoms with Crippen LogP contribution in [0.1, 0.15) is 45.7 Å². The lowest BCUT2D eigenvalue weighted by molar-refractivity contribution is 0.594. The first kappa shape index (κ1) is 16.6. The van der Waals surface area contributed by atoms with Gasteiger partial charge in [0.05, 0.1) is 15.7 Å². The van der Waals surface area contributed by atoms with Crippen LogP contribution in [0, 0.1) is 0 Å². The fourth-order valence-electron chi connectivity index (χ4n) is 1.63. The molecule has 1 rings (SSSR count). The quantitative estimate of drug-likeness (QED) is 0.783. The highest BCUT2D eigenvalue weighted by molar-refractivity contribution is 9.10. The van der Waals surface area contributed by atoms with E-state index < -0.39 is 11.0 Å². The van der Waals surface area contributed by atoms with Crippen molar-refractivity contribution in [1.82, 2.24) is 4.72 Å². The highest BCUT2D eigenvalue weighted by atomic mass is 79.9. The Morgan fingerprint density at radius 3 is 2.47 bits per heavy atom. The summed E-state index contributed by atoms with van der Waals surface area (Å²) < 4.78 is 16.3. The van der Waals surface area contributed by atoms with Gasteiger partial charge in [0.15, 0.2) is 0 Å². The molecule has 0 aliphatic rings. The van der Waals surface area contributed by atoms with Gasteiger partial charge in [-0.15, -0.1) is 6.58 Å². The van der Waals surface area contributed by atoms with Gasteiger partial charge in [0, 0.05) is 10.5 Å². The van der Waals surface area contributed by atoms with Crippen molar-refractivity contribution >= 4 is 26.9 Å². The Kier molecular flexibility index (Phi) is 5.96. The van der Waals surface area contributed by atoms with E-state index in [2.05, 4.69) is 27.2 Å². The number of rotatable bonds is 5. The first-order valence-electron chi connectivity index (χ1n) is 6.28. The van der Waals surface area contributed by atoms with Crippen molar-refractivity contribution in [2.75, 3.05) is 0 Å². The number of halogens is 1. The molecule has 19 heavy (non-hydrogen) atoms. The molecular weight excluding hydrogens is 322 g/mol. The fourth-order valence-corrected chi connectivity index (χ4v) is 3.01. The summed E-state index contributed by atoms with van der Waals surface area (Å²) in [6.45, 7) is 11.9. The molecule has 0 fully saturated rings. The molecule has 0 amide bonds. The fraction of sp³-hybridized carbons (Fsp3) is 0.467. The van der Waals surface area contributed by atoms with Crippen molar-refractivity contribution in [2.24, 2.45) is 0 Å². The summed E-state index contributed by atoms with van der Waals surface area (Å²) in [5.41, 5.74) is 2.18. The predicted molar refractivity (Wildman–Crippen MR) is 87.3 cm³/mol. The van der Waals surface area contributed by atoms with Crippen LogP contribution >= 0.6 is 15.9 Å². The van der Waals surface area contributed by atoms with Crippen molar-refractivity contribution in [3.8, 4) is 0 Å². The summed E-state index contributed by atoms with van der Waals surface area (Å²) in [6.07, 6.45) is 0.768. The Bertz CT molecular complexity index is 479. The molecule has 2 atom stereocenters. The molecule has 0 saturated carbocycles. The molecule has 0 radical (unpaired) electrons. The third-order valence-electron chi connectivity index (χ3n) is 2.64. The Balaban J connectivity index is 3.00. The van der Waals surface area contributed by atoms with Crippen LogP contribution in [0.3, 0.4) is 0 Å². The Hall–Kier alpha value is -0.450. The van der Waals surface area contributed by atoms with Crippen molar-refractivity contribution in [2.45, 2.75) is 44.9 Å². The molecule has 2 nitrogen and oxygen atoms in total. The van der Waals surface area contributed by atoms with Gasteiger partial charge in [-0.2, -0.15) is 0 Å². The van der Waals surface area contributed by atoms with Gasteiger partial charge in [0.25, 0.3) is 0 Å². The lowest BCUT2D eigenvalue weighted by Gasteiger charge is -2.25. The van der Waals surface area contributed by atoms with Crippen molar-refractivity contribution in [3.63, 3.8) is 0 Å². The van der Waals surface area contributed by atoms with Crippen LogP contribution < -0.4 is 4.72 Å². The Morgan fingerprint density at radius 1 is 1.42 bits per heavy atom. The number of hydrogen-bond donors (Lipinski definition) is 1. The maximum absolute atomic E-state index is 12.3. The highest BCUT2D eigenvalue weighted by Gasteiger charge is 2.24. The molecule has 1 aromatic rings. The normalized spacial score (nSPS) is 15.0. The second-order valence-electron chi connectivity index (χ2n) is 5.73. The van der Waals surface area contributed by atoms with Crippen molar-refractivity contribution in [1.29, 1.82) is 0 Å². The number of hydrogen-bond acceptors (Lipinski definition) is 1. The van der Waals surface area contributed by atoms with Crippen LogP contribution in [-0.2, 0) is 11.0 Å². The maximum atomic E-state index is 12.3. The van der Waals surface area contributed by atoms with Crippen LogP contribution in [0.2, 0.25) is 0 Å². The van der Waals surface area contributed by atoms with Gasteiger partial charge < -0.3 is 0 Å². The molecule has 106 valence electrons. The van der Waals surface area contributed by atoms with E-state index in [0.29, 0.717) is 0 Å². The molecule has 0 heterocycles. The monoisotopic (exact) mass is 343 g/mol. The SMILES string of the molecule is C=C(C)C[C@@H](N[S@@](=O)C(C)(C)C)c1ccccc1Br. The van der Waals surface area contributed by atoms with E-state index >= 15 is 0 Å².